The molecule has 0 saturated carbocycles. The number of anilines is 1. The third kappa shape index (κ3) is 4.98. The van der Waals surface area contributed by atoms with Crippen LogP contribution >= 0.6 is 0 Å². The minimum absolute atomic E-state index is 0.229. The summed E-state index contributed by atoms with van der Waals surface area (Å²) in [6.45, 7) is 5.41. The van der Waals surface area contributed by atoms with Crippen molar-refractivity contribution in [3.8, 4) is 11.8 Å². The molecule has 2 aromatic rings. The van der Waals surface area contributed by atoms with Crippen LogP contribution in [0.4, 0.5) is 5.82 Å². The van der Waals surface area contributed by atoms with Gasteiger partial charge in [0.05, 0.1) is 5.56 Å². The Balaban J connectivity index is 2.23. The molecular formula is C21H25N3O3. The van der Waals surface area contributed by atoms with Crippen molar-refractivity contribution in [2.24, 2.45) is 7.05 Å². The Morgan fingerprint density at radius 3 is 2.63 bits per heavy atom. The highest BCUT2D eigenvalue weighted by Crippen LogP contribution is 2.21. The van der Waals surface area contributed by atoms with Gasteiger partial charge in [-0.15, -0.1) is 0 Å². The number of carbonyl (C=O) groups excluding carboxylic acids is 2. The summed E-state index contributed by atoms with van der Waals surface area (Å²) in [6, 6.07) is 11.1. The van der Waals surface area contributed by atoms with Crippen molar-refractivity contribution in [2.75, 3.05) is 5.32 Å². The van der Waals surface area contributed by atoms with Gasteiger partial charge in [0, 0.05) is 14.0 Å². The molecule has 0 aliphatic carbocycles. The van der Waals surface area contributed by atoms with Crippen molar-refractivity contribution in [3.05, 3.63) is 47.2 Å². The first-order chi connectivity index (χ1) is 12.9. The van der Waals surface area contributed by atoms with Crippen LogP contribution in [0.2, 0.25) is 0 Å². The molecule has 0 aliphatic rings. The average molecular weight is 367 g/mol. The molecule has 1 unspecified atom stereocenters. The molecule has 0 fully saturated rings. The maximum atomic E-state index is 12.8. The smallest absolute Gasteiger partial charge is 0.266 e. The van der Waals surface area contributed by atoms with Crippen LogP contribution in [0, 0.1) is 18.3 Å². The van der Waals surface area contributed by atoms with Gasteiger partial charge >= 0.3 is 0 Å². The van der Waals surface area contributed by atoms with E-state index < -0.39 is 6.10 Å². The van der Waals surface area contributed by atoms with Crippen molar-refractivity contribution < 1.29 is 14.3 Å². The number of aryl methyl sites for hydroxylation is 1. The van der Waals surface area contributed by atoms with Gasteiger partial charge in [0.2, 0.25) is 0 Å². The zero-order valence-electron chi connectivity index (χ0n) is 16.2. The molecule has 1 atom stereocenters. The molecule has 0 radical (unpaired) electrons. The average Bonchev–Trinajstić information content (AvgIpc) is 2.94. The molecular weight excluding hydrogens is 342 g/mol. The highest BCUT2D eigenvalue weighted by molar-refractivity contribution is 5.98. The Labute approximate surface area is 159 Å². The SMILES string of the molecule is CCCCC(Oc1cccc(C)c1)C(=O)Nc1cc(C#N)c(C(C)=O)n1C. The molecule has 1 aromatic carbocycles. The van der Waals surface area contributed by atoms with Gasteiger partial charge in [-0.1, -0.05) is 25.5 Å². The number of benzene rings is 1. The summed E-state index contributed by atoms with van der Waals surface area (Å²) in [5.74, 6) is 0.509. The van der Waals surface area contributed by atoms with Gasteiger partial charge in [-0.2, -0.15) is 5.26 Å². The molecule has 0 spiro atoms. The molecule has 6 heteroatoms. The molecule has 0 saturated heterocycles. The number of Topliss-reactive ketones (excluding diaryl/α,β-unsaturated/α-hetero) is 1. The Morgan fingerprint density at radius 2 is 2.07 bits per heavy atom. The zero-order chi connectivity index (χ0) is 20.0. The molecule has 1 N–H and O–H groups in total. The lowest BCUT2D eigenvalue weighted by molar-refractivity contribution is -0.123. The van der Waals surface area contributed by atoms with Crippen molar-refractivity contribution in [1.29, 1.82) is 5.26 Å². The highest BCUT2D eigenvalue weighted by atomic mass is 16.5. The first-order valence-corrected chi connectivity index (χ1v) is 9.02. The topological polar surface area (TPSA) is 84.1 Å². The third-order valence-electron chi connectivity index (χ3n) is 4.32. The predicted molar refractivity (Wildman–Crippen MR) is 104 cm³/mol. The molecule has 142 valence electrons. The first-order valence-electron chi connectivity index (χ1n) is 9.02. The van der Waals surface area contributed by atoms with Gasteiger partial charge in [0.1, 0.15) is 23.3 Å². The summed E-state index contributed by atoms with van der Waals surface area (Å²) >= 11 is 0. The van der Waals surface area contributed by atoms with Gasteiger partial charge in [0.25, 0.3) is 5.91 Å². The van der Waals surface area contributed by atoms with Gasteiger partial charge in [-0.05, 0) is 43.5 Å². The minimum atomic E-state index is -0.659. The van der Waals surface area contributed by atoms with Crippen LogP contribution in [0.5, 0.6) is 5.75 Å². The van der Waals surface area contributed by atoms with E-state index in [1.54, 1.807) is 7.05 Å². The molecule has 27 heavy (non-hydrogen) atoms. The number of amides is 1. The normalized spacial score (nSPS) is 11.5. The fourth-order valence-electron chi connectivity index (χ4n) is 2.93. The Morgan fingerprint density at radius 1 is 1.33 bits per heavy atom. The van der Waals surface area contributed by atoms with Crippen LogP contribution in [0.1, 0.15) is 54.7 Å². The number of carbonyl (C=O) groups is 2. The van der Waals surface area contributed by atoms with Crippen LogP contribution in [0.25, 0.3) is 0 Å². The molecule has 6 nitrogen and oxygen atoms in total. The number of unbranched alkanes of at least 4 members (excludes halogenated alkanes) is 1. The number of nitrogens with one attached hydrogen (secondary N) is 1. The number of rotatable bonds is 8. The molecule has 0 aliphatic heterocycles. The van der Waals surface area contributed by atoms with Crippen LogP contribution in [-0.2, 0) is 11.8 Å². The molecule has 0 bridgehead atoms. The summed E-state index contributed by atoms with van der Waals surface area (Å²) in [7, 11) is 1.65. The minimum Gasteiger partial charge on any atom is -0.481 e. The second-order valence-electron chi connectivity index (χ2n) is 6.57. The van der Waals surface area contributed by atoms with Crippen molar-refractivity contribution in [1.82, 2.24) is 4.57 Å². The van der Waals surface area contributed by atoms with E-state index in [2.05, 4.69) is 12.2 Å². The Kier molecular flexibility index (Phi) is 6.78. The van der Waals surface area contributed by atoms with Crippen LogP contribution in [0.3, 0.4) is 0 Å². The lowest BCUT2D eigenvalue weighted by Crippen LogP contribution is -2.33. The van der Waals surface area contributed by atoms with E-state index in [1.165, 1.54) is 17.6 Å². The maximum absolute atomic E-state index is 12.8. The standard InChI is InChI=1S/C21H25N3O3/c1-5-6-10-18(27-17-9-7-8-14(2)11-17)21(26)23-19-12-16(13-22)20(15(3)25)24(19)4/h7-9,11-12,18H,5-6,10H2,1-4H3,(H,23,26). The van der Waals surface area contributed by atoms with Crippen molar-refractivity contribution in [2.45, 2.75) is 46.1 Å². The lowest BCUT2D eigenvalue weighted by Gasteiger charge is -2.19. The van der Waals surface area contributed by atoms with E-state index in [1.807, 2.05) is 37.3 Å². The fourth-order valence-corrected chi connectivity index (χ4v) is 2.93. The summed E-state index contributed by atoms with van der Waals surface area (Å²) < 4.78 is 7.46. The van der Waals surface area contributed by atoms with E-state index >= 15 is 0 Å². The second kappa shape index (κ2) is 9.04. The highest BCUT2D eigenvalue weighted by Gasteiger charge is 2.23. The number of ether oxygens (including phenoxy) is 1. The predicted octanol–water partition coefficient (Wildman–Crippen LogP) is 3.98. The van der Waals surface area contributed by atoms with Gasteiger partial charge in [-0.3, -0.25) is 9.59 Å². The quantitative estimate of drug-likeness (QED) is 0.715. The number of aromatic nitrogens is 1. The van der Waals surface area contributed by atoms with Gasteiger partial charge in [-0.25, -0.2) is 0 Å². The number of ketones is 1. The van der Waals surface area contributed by atoms with E-state index in [-0.39, 0.29) is 22.9 Å². The molecule has 1 heterocycles. The van der Waals surface area contributed by atoms with E-state index in [0.717, 1.165) is 18.4 Å². The maximum Gasteiger partial charge on any atom is 0.266 e. The largest absolute Gasteiger partial charge is 0.481 e. The van der Waals surface area contributed by atoms with Gasteiger partial charge < -0.3 is 14.6 Å². The van der Waals surface area contributed by atoms with E-state index in [9.17, 15) is 14.9 Å². The van der Waals surface area contributed by atoms with Crippen LogP contribution in [-0.4, -0.2) is 22.4 Å². The third-order valence-corrected chi connectivity index (χ3v) is 4.32. The van der Waals surface area contributed by atoms with E-state index in [0.29, 0.717) is 18.0 Å². The second-order valence-corrected chi connectivity index (χ2v) is 6.57. The fraction of sp³-hybridized carbons (Fsp3) is 0.381. The van der Waals surface area contributed by atoms with E-state index in [4.69, 9.17) is 4.74 Å². The number of nitrogens with zero attached hydrogens (tertiary/aromatic N) is 2. The summed E-state index contributed by atoms with van der Waals surface area (Å²) in [6.07, 6.45) is 1.70. The summed E-state index contributed by atoms with van der Waals surface area (Å²) in [5, 5.41) is 12.0. The van der Waals surface area contributed by atoms with Crippen LogP contribution < -0.4 is 10.1 Å². The monoisotopic (exact) mass is 367 g/mol. The van der Waals surface area contributed by atoms with Crippen LogP contribution in [0.15, 0.2) is 30.3 Å². The number of nitriles is 1. The first kappa shape index (κ1) is 20.2. The molecule has 1 aromatic heterocycles. The number of hydrogen-bond donors (Lipinski definition) is 1. The molecule has 2 rings (SSSR count). The summed E-state index contributed by atoms with van der Waals surface area (Å²) in [5.41, 5.74) is 1.57. The molecule has 1 amide bonds. The van der Waals surface area contributed by atoms with Crippen molar-refractivity contribution in [3.63, 3.8) is 0 Å². The Hall–Kier alpha value is -3.07. The van der Waals surface area contributed by atoms with Crippen molar-refractivity contribution >= 4 is 17.5 Å². The number of hydrogen-bond acceptors (Lipinski definition) is 4. The zero-order valence-corrected chi connectivity index (χ0v) is 16.2. The van der Waals surface area contributed by atoms with Gasteiger partial charge in [0.15, 0.2) is 11.9 Å². The lowest BCUT2D eigenvalue weighted by atomic mass is 10.1. The summed E-state index contributed by atoms with van der Waals surface area (Å²) in [4.78, 5) is 24.6. The Bertz CT molecular complexity index is 877.